The molecule has 2 rings (SSSR count). The molecule has 1 aliphatic rings. The van der Waals surface area contributed by atoms with Gasteiger partial charge in [-0.2, -0.15) is 0 Å². The predicted octanol–water partition coefficient (Wildman–Crippen LogP) is 0.603. The number of amides is 2. The maximum absolute atomic E-state index is 12.4. The Bertz CT molecular complexity index is 512. The molecule has 2 heterocycles. The first-order valence-corrected chi connectivity index (χ1v) is 7.22. The summed E-state index contributed by atoms with van der Waals surface area (Å²) in [4.78, 5) is 35.3. The molecule has 1 N–H and O–H groups in total. The molecule has 7 heteroatoms. The van der Waals surface area contributed by atoms with E-state index in [1.165, 1.54) is 6.33 Å². The molecular formula is C14H21N5O2. The molecule has 21 heavy (non-hydrogen) atoms. The first-order valence-electron chi connectivity index (χ1n) is 7.22. The average Bonchev–Trinajstić information content (AvgIpc) is 2.52. The molecule has 0 aliphatic carbocycles. The Labute approximate surface area is 124 Å². The van der Waals surface area contributed by atoms with E-state index in [9.17, 15) is 9.59 Å². The third-order valence-corrected chi connectivity index (χ3v) is 3.45. The molecule has 1 saturated heterocycles. The Hall–Kier alpha value is -2.18. The number of nitrogens with zero attached hydrogens (tertiary/aromatic N) is 4. The lowest BCUT2D eigenvalue weighted by molar-refractivity contribution is -0.130. The van der Waals surface area contributed by atoms with Crippen molar-refractivity contribution in [2.24, 2.45) is 0 Å². The highest BCUT2D eigenvalue weighted by Crippen LogP contribution is 2.10. The van der Waals surface area contributed by atoms with Crippen LogP contribution in [0.1, 0.15) is 30.8 Å². The zero-order valence-electron chi connectivity index (χ0n) is 12.5. The summed E-state index contributed by atoms with van der Waals surface area (Å²) in [6, 6.07) is 1.68. The summed E-state index contributed by atoms with van der Waals surface area (Å²) in [5.74, 6) is 0.605. The fourth-order valence-electron chi connectivity index (χ4n) is 2.21. The van der Waals surface area contributed by atoms with Crippen LogP contribution in [0.2, 0.25) is 0 Å². The molecule has 0 bridgehead atoms. The van der Waals surface area contributed by atoms with Crippen molar-refractivity contribution in [3.63, 3.8) is 0 Å². The monoisotopic (exact) mass is 291 g/mol. The molecule has 1 fully saturated rings. The highest BCUT2D eigenvalue weighted by atomic mass is 16.2. The number of carbonyl (C=O) groups is 2. The van der Waals surface area contributed by atoms with Crippen molar-refractivity contribution in [2.45, 2.75) is 20.3 Å². The second-order valence-electron chi connectivity index (χ2n) is 5.01. The van der Waals surface area contributed by atoms with Crippen molar-refractivity contribution < 1.29 is 9.59 Å². The van der Waals surface area contributed by atoms with Crippen LogP contribution in [-0.4, -0.2) is 64.3 Å². The summed E-state index contributed by atoms with van der Waals surface area (Å²) in [5.41, 5.74) is 0.389. The molecule has 1 aliphatic heterocycles. The number of nitrogens with one attached hydrogen (secondary N) is 1. The largest absolute Gasteiger partial charge is 0.370 e. The van der Waals surface area contributed by atoms with Crippen molar-refractivity contribution in [1.29, 1.82) is 0 Å². The van der Waals surface area contributed by atoms with E-state index in [0.29, 0.717) is 37.7 Å². The topological polar surface area (TPSA) is 78.4 Å². The van der Waals surface area contributed by atoms with Gasteiger partial charge in [-0.15, -0.1) is 0 Å². The van der Waals surface area contributed by atoms with Crippen LogP contribution in [-0.2, 0) is 4.79 Å². The standard InChI is InChI=1S/C14H21N5O2/c1-3-4-15-13-9-12(16-10-17-13)14(21)19-7-5-18(6-8-19)11(2)20/h9-10H,3-8H2,1-2H3,(H,15,16,17). The van der Waals surface area contributed by atoms with Gasteiger partial charge >= 0.3 is 0 Å². The number of anilines is 1. The minimum absolute atomic E-state index is 0.0511. The van der Waals surface area contributed by atoms with Gasteiger partial charge in [0.25, 0.3) is 5.91 Å². The third-order valence-electron chi connectivity index (χ3n) is 3.45. The summed E-state index contributed by atoms with van der Waals surface area (Å²) < 4.78 is 0. The van der Waals surface area contributed by atoms with Crippen molar-refractivity contribution in [3.8, 4) is 0 Å². The molecule has 0 radical (unpaired) electrons. The zero-order chi connectivity index (χ0) is 15.2. The third kappa shape index (κ3) is 3.90. The van der Waals surface area contributed by atoms with Gasteiger partial charge in [-0.05, 0) is 6.42 Å². The van der Waals surface area contributed by atoms with Crippen molar-refractivity contribution in [3.05, 3.63) is 18.1 Å². The lowest BCUT2D eigenvalue weighted by atomic mass is 10.2. The van der Waals surface area contributed by atoms with Crippen LogP contribution >= 0.6 is 0 Å². The van der Waals surface area contributed by atoms with E-state index in [2.05, 4.69) is 22.2 Å². The van der Waals surface area contributed by atoms with Crippen LogP contribution in [0.15, 0.2) is 12.4 Å². The summed E-state index contributed by atoms with van der Waals surface area (Å²) in [6.45, 7) is 6.66. The Morgan fingerprint density at radius 3 is 2.48 bits per heavy atom. The zero-order valence-corrected chi connectivity index (χ0v) is 12.5. The van der Waals surface area contributed by atoms with E-state index in [1.807, 2.05) is 0 Å². The number of aromatic nitrogens is 2. The number of hydrogen-bond acceptors (Lipinski definition) is 5. The molecule has 1 aromatic heterocycles. The van der Waals surface area contributed by atoms with Crippen molar-refractivity contribution >= 4 is 17.6 Å². The second-order valence-corrected chi connectivity index (χ2v) is 5.01. The fraction of sp³-hybridized carbons (Fsp3) is 0.571. The van der Waals surface area contributed by atoms with E-state index >= 15 is 0 Å². The molecule has 7 nitrogen and oxygen atoms in total. The van der Waals surface area contributed by atoms with Crippen molar-refractivity contribution in [2.75, 3.05) is 38.0 Å². The Kier molecular flexibility index (Phi) is 5.08. The van der Waals surface area contributed by atoms with E-state index in [1.54, 1.807) is 22.8 Å². The maximum atomic E-state index is 12.4. The van der Waals surface area contributed by atoms with Gasteiger partial charge in [-0.3, -0.25) is 9.59 Å². The Balaban J connectivity index is 1.99. The maximum Gasteiger partial charge on any atom is 0.272 e. The van der Waals surface area contributed by atoms with Crippen LogP contribution < -0.4 is 5.32 Å². The predicted molar refractivity (Wildman–Crippen MR) is 79.0 cm³/mol. The van der Waals surface area contributed by atoms with E-state index in [4.69, 9.17) is 0 Å². The highest BCUT2D eigenvalue weighted by molar-refractivity contribution is 5.93. The molecule has 1 aromatic rings. The summed E-state index contributed by atoms with van der Waals surface area (Å²) in [5, 5.41) is 3.14. The average molecular weight is 291 g/mol. The van der Waals surface area contributed by atoms with E-state index in [0.717, 1.165) is 13.0 Å². The van der Waals surface area contributed by atoms with Gasteiger partial charge in [-0.1, -0.05) is 6.92 Å². The molecule has 0 saturated carbocycles. The van der Waals surface area contributed by atoms with Gasteiger partial charge in [0.15, 0.2) is 0 Å². The molecule has 0 spiro atoms. The number of piperazine rings is 1. The molecule has 114 valence electrons. The molecule has 0 unspecified atom stereocenters. The van der Waals surface area contributed by atoms with Crippen LogP contribution in [0, 0.1) is 0 Å². The first-order chi connectivity index (χ1) is 10.1. The van der Waals surface area contributed by atoms with Gasteiger partial charge in [-0.25, -0.2) is 9.97 Å². The van der Waals surface area contributed by atoms with Crippen LogP contribution in [0.4, 0.5) is 5.82 Å². The second kappa shape index (κ2) is 7.01. The number of rotatable bonds is 4. The lowest BCUT2D eigenvalue weighted by Crippen LogP contribution is -2.50. The van der Waals surface area contributed by atoms with Gasteiger partial charge in [0, 0.05) is 45.7 Å². The summed E-state index contributed by atoms with van der Waals surface area (Å²) in [6.07, 6.45) is 2.39. The van der Waals surface area contributed by atoms with Gasteiger partial charge in [0.2, 0.25) is 5.91 Å². The lowest BCUT2D eigenvalue weighted by Gasteiger charge is -2.34. The minimum Gasteiger partial charge on any atom is -0.370 e. The minimum atomic E-state index is -0.111. The quantitative estimate of drug-likeness (QED) is 0.879. The Morgan fingerprint density at radius 2 is 1.86 bits per heavy atom. The van der Waals surface area contributed by atoms with Crippen LogP contribution in [0.3, 0.4) is 0 Å². The van der Waals surface area contributed by atoms with E-state index < -0.39 is 0 Å². The fourth-order valence-corrected chi connectivity index (χ4v) is 2.21. The SMILES string of the molecule is CCCNc1cc(C(=O)N2CCN(C(C)=O)CC2)ncn1. The van der Waals surface area contributed by atoms with Gasteiger partial charge in [0.05, 0.1) is 0 Å². The molecular weight excluding hydrogens is 270 g/mol. The van der Waals surface area contributed by atoms with E-state index in [-0.39, 0.29) is 11.8 Å². The highest BCUT2D eigenvalue weighted by Gasteiger charge is 2.24. The molecule has 0 atom stereocenters. The molecule has 2 amide bonds. The van der Waals surface area contributed by atoms with Gasteiger partial charge in [0.1, 0.15) is 17.8 Å². The smallest absolute Gasteiger partial charge is 0.272 e. The summed E-state index contributed by atoms with van der Waals surface area (Å²) >= 11 is 0. The van der Waals surface area contributed by atoms with Crippen LogP contribution in [0.5, 0.6) is 0 Å². The summed E-state index contributed by atoms with van der Waals surface area (Å²) in [7, 11) is 0. The Morgan fingerprint density at radius 1 is 1.19 bits per heavy atom. The first kappa shape index (κ1) is 15.2. The normalized spacial score (nSPS) is 15.0. The number of carbonyl (C=O) groups excluding carboxylic acids is 2. The number of hydrogen-bond donors (Lipinski definition) is 1. The van der Waals surface area contributed by atoms with Gasteiger partial charge < -0.3 is 15.1 Å². The van der Waals surface area contributed by atoms with Crippen LogP contribution in [0.25, 0.3) is 0 Å². The van der Waals surface area contributed by atoms with Crippen molar-refractivity contribution in [1.82, 2.24) is 19.8 Å². The molecule has 0 aromatic carbocycles.